The van der Waals surface area contributed by atoms with Gasteiger partial charge >= 0.3 is 0 Å². The first-order valence-corrected chi connectivity index (χ1v) is 8.02. The molecule has 1 aromatic rings. The Morgan fingerprint density at radius 3 is 2.30 bits per heavy atom. The minimum atomic E-state index is -0.849. The third-order valence-corrected chi connectivity index (χ3v) is 4.25. The lowest BCUT2D eigenvalue weighted by molar-refractivity contribution is -0.138. The van der Waals surface area contributed by atoms with Crippen molar-refractivity contribution >= 4 is 11.8 Å². The number of amides is 2. The third-order valence-electron chi connectivity index (χ3n) is 4.25. The molecule has 1 fully saturated rings. The van der Waals surface area contributed by atoms with Crippen molar-refractivity contribution in [3.63, 3.8) is 0 Å². The van der Waals surface area contributed by atoms with Crippen molar-refractivity contribution in [2.45, 2.75) is 32.2 Å². The molecule has 1 aliphatic heterocycles. The van der Waals surface area contributed by atoms with Crippen LogP contribution in [0.25, 0.3) is 0 Å². The maximum Gasteiger partial charge on any atom is 0.257 e. The topological polar surface area (TPSA) is 86.9 Å². The first-order chi connectivity index (χ1) is 10.9. The number of hydrogen-bond acceptors (Lipinski definition) is 4. The molecule has 2 amide bonds. The summed E-state index contributed by atoms with van der Waals surface area (Å²) in [7, 11) is 0. The van der Waals surface area contributed by atoms with Gasteiger partial charge in [0.25, 0.3) is 5.91 Å². The molecule has 0 aliphatic carbocycles. The van der Waals surface area contributed by atoms with Gasteiger partial charge < -0.3 is 20.6 Å². The van der Waals surface area contributed by atoms with Crippen molar-refractivity contribution in [1.29, 1.82) is 0 Å². The Hall–Kier alpha value is -2.08. The molecule has 1 unspecified atom stereocenters. The smallest absolute Gasteiger partial charge is 0.257 e. The Bertz CT molecular complexity index is 578. The minimum Gasteiger partial charge on any atom is -0.507 e. The number of carbonyl (C=O) groups excluding carboxylic acids is 2. The van der Waals surface area contributed by atoms with E-state index in [9.17, 15) is 14.7 Å². The minimum absolute atomic E-state index is 0.0199. The summed E-state index contributed by atoms with van der Waals surface area (Å²) in [5, 5.41) is 9.79. The normalized spacial score (nSPS) is 17.7. The van der Waals surface area contributed by atoms with Crippen molar-refractivity contribution in [2.24, 2.45) is 5.73 Å². The van der Waals surface area contributed by atoms with Gasteiger partial charge in [0.1, 0.15) is 5.75 Å². The summed E-state index contributed by atoms with van der Waals surface area (Å²) in [6, 6.07) is 6.50. The monoisotopic (exact) mass is 319 g/mol. The molecule has 2 rings (SSSR count). The second kappa shape index (κ2) is 7.00. The summed E-state index contributed by atoms with van der Waals surface area (Å²) >= 11 is 0. The fourth-order valence-electron chi connectivity index (χ4n) is 2.92. The lowest BCUT2D eigenvalue weighted by Gasteiger charge is -2.38. The predicted octanol–water partition coefficient (Wildman–Crippen LogP) is 1.19. The molecule has 0 saturated carbocycles. The summed E-state index contributed by atoms with van der Waals surface area (Å²) in [6.45, 7) is 5.59. The van der Waals surface area contributed by atoms with Gasteiger partial charge in [-0.15, -0.1) is 0 Å². The van der Waals surface area contributed by atoms with Crippen LogP contribution in [0.15, 0.2) is 24.3 Å². The van der Waals surface area contributed by atoms with E-state index < -0.39 is 5.54 Å². The second-order valence-corrected chi connectivity index (χ2v) is 6.27. The van der Waals surface area contributed by atoms with Gasteiger partial charge in [-0.05, 0) is 25.5 Å². The molecular weight excluding hydrogens is 294 g/mol. The van der Waals surface area contributed by atoms with Gasteiger partial charge in [-0.25, -0.2) is 0 Å². The number of aromatic hydroxyl groups is 1. The fourth-order valence-corrected chi connectivity index (χ4v) is 2.92. The van der Waals surface area contributed by atoms with Gasteiger partial charge in [0, 0.05) is 26.2 Å². The maximum atomic E-state index is 12.5. The zero-order valence-corrected chi connectivity index (χ0v) is 13.8. The number of hydrogen-bond donors (Lipinski definition) is 2. The highest BCUT2D eigenvalue weighted by Crippen LogP contribution is 2.20. The van der Waals surface area contributed by atoms with Crippen LogP contribution in [-0.2, 0) is 4.79 Å². The van der Waals surface area contributed by atoms with E-state index in [4.69, 9.17) is 5.73 Å². The average Bonchev–Trinajstić information content (AvgIpc) is 2.54. The number of rotatable bonds is 4. The molecule has 6 heteroatoms. The lowest BCUT2D eigenvalue weighted by Crippen LogP contribution is -2.58. The quantitative estimate of drug-likeness (QED) is 0.873. The number of phenolic OH excluding ortho intramolecular Hbond substituents is 1. The largest absolute Gasteiger partial charge is 0.507 e. The van der Waals surface area contributed by atoms with Crippen LogP contribution < -0.4 is 5.73 Å². The standard InChI is InChI=1S/C17H25N3O3/c1-3-8-17(2,18)16(23)20-11-9-19(10-12-20)15(22)13-6-4-5-7-14(13)21/h4-7,21H,3,8-12,18H2,1-2H3. The van der Waals surface area contributed by atoms with Crippen LogP contribution in [0, 0.1) is 0 Å². The van der Waals surface area contributed by atoms with Crippen LogP contribution in [-0.4, -0.2) is 58.4 Å². The van der Waals surface area contributed by atoms with Crippen LogP contribution in [0.5, 0.6) is 5.75 Å². The molecule has 1 atom stereocenters. The Kier molecular flexibility index (Phi) is 5.26. The highest BCUT2D eigenvalue weighted by atomic mass is 16.3. The molecule has 1 saturated heterocycles. The van der Waals surface area contributed by atoms with Crippen LogP contribution >= 0.6 is 0 Å². The van der Waals surface area contributed by atoms with E-state index >= 15 is 0 Å². The Morgan fingerprint density at radius 2 is 1.74 bits per heavy atom. The molecule has 0 aromatic heterocycles. The molecule has 3 N–H and O–H groups in total. The molecule has 1 aliphatic rings. The highest BCUT2D eigenvalue weighted by molar-refractivity contribution is 5.97. The Balaban J connectivity index is 1.98. The molecule has 1 aromatic carbocycles. The van der Waals surface area contributed by atoms with Crippen LogP contribution in [0.3, 0.4) is 0 Å². The molecular formula is C17H25N3O3. The molecule has 6 nitrogen and oxygen atoms in total. The van der Waals surface area contributed by atoms with Crippen LogP contribution in [0.4, 0.5) is 0 Å². The summed E-state index contributed by atoms with van der Waals surface area (Å²) in [4.78, 5) is 28.3. The summed E-state index contributed by atoms with van der Waals surface area (Å²) < 4.78 is 0. The first-order valence-electron chi connectivity index (χ1n) is 8.02. The van der Waals surface area contributed by atoms with E-state index in [0.717, 1.165) is 6.42 Å². The van der Waals surface area contributed by atoms with E-state index in [2.05, 4.69) is 0 Å². The van der Waals surface area contributed by atoms with Gasteiger partial charge in [-0.1, -0.05) is 25.5 Å². The lowest BCUT2D eigenvalue weighted by atomic mass is 9.95. The molecule has 1 heterocycles. The highest BCUT2D eigenvalue weighted by Gasteiger charge is 2.34. The summed E-state index contributed by atoms with van der Waals surface area (Å²) in [5.41, 5.74) is 5.55. The number of piperazine rings is 1. The van der Waals surface area contributed by atoms with Crippen LogP contribution in [0.2, 0.25) is 0 Å². The molecule has 23 heavy (non-hydrogen) atoms. The zero-order chi connectivity index (χ0) is 17.0. The summed E-state index contributed by atoms with van der Waals surface area (Å²) in [5.74, 6) is -0.290. The van der Waals surface area contributed by atoms with Crippen molar-refractivity contribution in [1.82, 2.24) is 9.80 Å². The van der Waals surface area contributed by atoms with Gasteiger partial charge in [0.15, 0.2) is 0 Å². The third kappa shape index (κ3) is 3.82. The number of nitrogens with two attached hydrogens (primary N) is 1. The summed E-state index contributed by atoms with van der Waals surface area (Å²) in [6.07, 6.45) is 1.49. The van der Waals surface area contributed by atoms with Crippen molar-refractivity contribution < 1.29 is 14.7 Å². The van der Waals surface area contributed by atoms with Gasteiger partial charge in [0.2, 0.25) is 5.91 Å². The Labute approximate surface area is 136 Å². The average molecular weight is 319 g/mol. The van der Waals surface area contributed by atoms with Gasteiger partial charge in [0.05, 0.1) is 11.1 Å². The van der Waals surface area contributed by atoms with Crippen molar-refractivity contribution in [3.8, 4) is 5.75 Å². The van der Waals surface area contributed by atoms with E-state index in [1.54, 1.807) is 34.9 Å². The fraction of sp³-hybridized carbons (Fsp3) is 0.529. The number of phenols is 1. The molecule has 0 spiro atoms. The second-order valence-electron chi connectivity index (χ2n) is 6.27. The molecule has 0 radical (unpaired) electrons. The molecule has 126 valence electrons. The van der Waals surface area contributed by atoms with Crippen LogP contribution in [0.1, 0.15) is 37.0 Å². The van der Waals surface area contributed by atoms with Crippen molar-refractivity contribution in [2.75, 3.05) is 26.2 Å². The van der Waals surface area contributed by atoms with E-state index in [1.165, 1.54) is 6.07 Å². The first kappa shape index (κ1) is 17.3. The van der Waals surface area contributed by atoms with E-state index in [-0.39, 0.29) is 17.6 Å². The number of para-hydroxylation sites is 1. The van der Waals surface area contributed by atoms with Gasteiger partial charge in [-0.2, -0.15) is 0 Å². The van der Waals surface area contributed by atoms with Crippen molar-refractivity contribution in [3.05, 3.63) is 29.8 Å². The molecule has 0 bridgehead atoms. The number of carbonyl (C=O) groups is 2. The zero-order valence-electron chi connectivity index (χ0n) is 13.8. The van der Waals surface area contributed by atoms with E-state index in [0.29, 0.717) is 38.2 Å². The van der Waals surface area contributed by atoms with E-state index in [1.807, 2.05) is 6.92 Å². The predicted molar refractivity (Wildman–Crippen MR) is 88.1 cm³/mol. The SMILES string of the molecule is CCCC(C)(N)C(=O)N1CCN(C(=O)c2ccccc2O)CC1. The number of nitrogens with zero attached hydrogens (tertiary/aromatic N) is 2. The Morgan fingerprint density at radius 1 is 1.17 bits per heavy atom. The number of benzene rings is 1. The van der Waals surface area contributed by atoms with Gasteiger partial charge in [-0.3, -0.25) is 9.59 Å². The maximum absolute atomic E-state index is 12.5.